The van der Waals surface area contributed by atoms with Crippen molar-refractivity contribution < 1.29 is 18.3 Å². The predicted molar refractivity (Wildman–Crippen MR) is 35.2 cm³/mol. The molecule has 2 nitrogen and oxygen atoms in total. The van der Waals surface area contributed by atoms with E-state index in [-0.39, 0.29) is 6.42 Å². The van der Waals surface area contributed by atoms with E-state index < -0.39 is 18.3 Å². The molecule has 0 aliphatic carbocycles. The summed E-state index contributed by atoms with van der Waals surface area (Å²) in [5.41, 5.74) is 0. The van der Waals surface area contributed by atoms with Gasteiger partial charge in [-0.3, -0.25) is 0 Å². The van der Waals surface area contributed by atoms with E-state index in [1.165, 1.54) is 14.0 Å². The van der Waals surface area contributed by atoms with Crippen LogP contribution in [0.4, 0.5) is 13.2 Å². The molecule has 0 radical (unpaired) electrons. The highest BCUT2D eigenvalue weighted by atomic mass is 19.4. The quantitative estimate of drug-likeness (QED) is 0.661. The number of aliphatic hydroxyl groups excluding tert-OH is 1. The van der Waals surface area contributed by atoms with Crippen LogP contribution >= 0.6 is 0 Å². The lowest BCUT2D eigenvalue weighted by molar-refractivity contribution is -0.160. The summed E-state index contributed by atoms with van der Waals surface area (Å²) in [7, 11) is 1.22. The molecule has 0 spiro atoms. The van der Waals surface area contributed by atoms with Crippen LogP contribution in [0.5, 0.6) is 0 Å². The van der Waals surface area contributed by atoms with Crippen molar-refractivity contribution in [3.05, 3.63) is 0 Å². The maximum atomic E-state index is 11.9. The largest absolute Gasteiger partial charge is 0.403 e. The zero-order chi connectivity index (χ0) is 9.07. The maximum absolute atomic E-state index is 11.9. The van der Waals surface area contributed by atoms with Gasteiger partial charge in [0.15, 0.2) is 0 Å². The molecule has 0 bridgehead atoms. The molecule has 2 unspecified atom stereocenters. The van der Waals surface area contributed by atoms with Crippen LogP contribution < -0.4 is 5.32 Å². The number of halogens is 3. The van der Waals surface area contributed by atoms with Crippen molar-refractivity contribution >= 4 is 0 Å². The SMILES string of the molecule is CNC(CC(C)O)C(F)(F)F. The molecule has 0 aromatic heterocycles. The average molecular weight is 171 g/mol. The van der Waals surface area contributed by atoms with E-state index in [0.717, 1.165) is 0 Å². The van der Waals surface area contributed by atoms with Crippen LogP contribution in [-0.2, 0) is 0 Å². The van der Waals surface area contributed by atoms with Gasteiger partial charge in [0.1, 0.15) is 6.04 Å². The van der Waals surface area contributed by atoms with Crippen molar-refractivity contribution in [2.45, 2.75) is 31.7 Å². The Morgan fingerprint density at radius 1 is 1.45 bits per heavy atom. The van der Waals surface area contributed by atoms with E-state index in [2.05, 4.69) is 5.32 Å². The van der Waals surface area contributed by atoms with Gasteiger partial charge in [0.2, 0.25) is 0 Å². The Hall–Kier alpha value is -0.290. The van der Waals surface area contributed by atoms with Gasteiger partial charge in [-0.1, -0.05) is 0 Å². The lowest BCUT2D eigenvalue weighted by Crippen LogP contribution is -2.42. The number of nitrogens with one attached hydrogen (secondary N) is 1. The number of hydrogen-bond donors (Lipinski definition) is 2. The highest BCUT2D eigenvalue weighted by molar-refractivity contribution is 4.74. The molecule has 0 aromatic carbocycles. The van der Waals surface area contributed by atoms with Crippen molar-refractivity contribution in [3.8, 4) is 0 Å². The fourth-order valence-electron chi connectivity index (χ4n) is 0.756. The third-order valence-corrected chi connectivity index (χ3v) is 1.32. The van der Waals surface area contributed by atoms with Gasteiger partial charge < -0.3 is 10.4 Å². The van der Waals surface area contributed by atoms with Crippen LogP contribution in [0.15, 0.2) is 0 Å². The lowest BCUT2D eigenvalue weighted by Gasteiger charge is -2.20. The van der Waals surface area contributed by atoms with Crippen LogP contribution in [0.1, 0.15) is 13.3 Å². The summed E-state index contributed by atoms with van der Waals surface area (Å²) in [5, 5.41) is 10.8. The average Bonchev–Trinajstić information content (AvgIpc) is 1.79. The van der Waals surface area contributed by atoms with Gasteiger partial charge in [-0.2, -0.15) is 13.2 Å². The fourth-order valence-corrected chi connectivity index (χ4v) is 0.756. The highest BCUT2D eigenvalue weighted by Gasteiger charge is 2.38. The Balaban J connectivity index is 3.96. The van der Waals surface area contributed by atoms with Gasteiger partial charge in [0.05, 0.1) is 6.10 Å². The van der Waals surface area contributed by atoms with E-state index in [9.17, 15) is 13.2 Å². The number of hydrogen-bond acceptors (Lipinski definition) is 2. The van der Waals surface area contributed by atoms with E-state index in [4.69, 9.17) is 5.11 Å². The number of rotatable bonds is 3. The van der Waals surface area contributed by atoms with Crippen LogP contribution in [0.3, 0.4) is 0 Å². The van der Waals surface area contributed by atoms with Crippen molar-refractivity contribution in [2.75, 3.05) is 7.05 Å². The molecule has 0 saturated heterocycles. The normalized spacial score (nSPS) is 18.0. The topological polar surface area (TPSA) is 32.3 Å². The molecule has 0 rings (SSSR count). The lowest BCUT2D eigenvalue weighted by atomic mass is 10.1. The fraction of sp³-hybridized carbons (Fsp3) is 1.00. The molecule has 5 heteroatoms. The molecule has 0 aliphatic heterocycles. The van der Waals surface area contributed by atoms with Crippen molar-refractivity contribution in [2.24, 2.45) is 0 Å². The molecule has 0 fully saturated rings. The second kappa shape index (κ2) is 3.92. The zero-order valence-electron chi connectivity index (χ0n) is 6.44. The number of alkyl halides is 3. The Morgan fingerprint density at radius 3 is 2.00 bits per heavy atom. The summed E-state index contributed by atoms with van der Waals surface area (Å²) in [6.07, 6.45) is -5.51. The van der Waals surface area contributed by atoms with E-state index in [1.54, 1.807) is 0 Å². The molecule has 0 saturated carbocycles. The van der Waals surface area contributed by atoms with Gasteiger partial charge in [0.25, 0.3) is 0 Å². The molecular weight excluding hydrogens is 159 g/mol. The molecule has 0 amide bonds. The van der Waals surface area contributed by atoms with Gasteiger partial charge >= 0.3 is 6.18 Å². The first kappa shape index (κ1) is 10.7. The maximum Gasteiger partial charge on any atom is 0.403 e. The molecule has 2 atom stereocenters. The molecule has 0 aromatic rings. The minimum absolute atomic E-state index is 0.306. The van der Waals surface area contributed by atoms with Gasteiger partial charge in [0, 0.05) is 0 Å². The summed E-state index contributed by atoms with van der Waals surface area (Å²) in [6, 6.07) is -1.61. The summed E-state index contributed by atoms with van der Waals surface area (Å²) in [4.78, 5) is 0. The second-order valence-corrected chi connectivity index (χ2v) is 2.47. The Kier molecular flexibility index (Phi) is 3.82. The van der Waals surface area contributed by atoms with Crippen LogP contribution in [0.25, 0.3) is 0 Å². The molecular formula is C6H12F3NO. The highest BCUT2D eigenvalue weighted by Crippen LogP contribution is 2.22. The Labute approximate surface area is 63.4 Å². The first-order chi connectivity index (χ1) is 4.88. The predicted octanol–water partition coefficient (Wildman–Crippen LogP) is 0.908. The summed E-state index contributed by atoms with van der Waals surface area (Å²) in [5.74, 6) is 0. The Morgan fingerprint density at radius 2 is 1.91 bits per heavy atom. The van der Waals surface area contributed by atoms with E-state index in [1.807, 2.05) is 0 Å². The zero-order valence-corrected chi connectivity index (χ0v) is 6.44. The molecule has 0 heterocycles. The first-order valence-electron chi connectivity index (χ1n) is 3.30. The standard InChI is InChI=1S/C6H12F3NO/c1-4(11)3-5(10-2)6(7,8)9/h4-5,10-11H,3H2,1-2H3. The van der Waals surface area contributed by atoms with Crippen LogP contribution in [-0.4, -0.2) is 30.5 Å². The summed E-state index contributed by atoms with van der Waals surface area (Å²) in [6.45, 7) is 1.33. The molecule has 2 N–H and O–H groups in total. The summed E-state index contributed by atoms with van der Waals surface area (Å²) >= 11 is 0. The van der Waals surface area contributed by atoms with E-state index >= 15 is 0 Å². The third-order valence-electron chi connectivity index (χ3n) is 1.32. The third kappa shape index (κ3) is 4.21. The second-order valence-electron chi connectivity index (χ2n) is 2.47. The van der Waals surface area contributed by atoms with Crippen LogP contribution in [0, 0.1) is 0 Å². The Bertz CT molecular complexity index is 113. The molecule has 68 valence electrons. The van der Waals surface area contributed by atoms with Crippen molar-refractivity contribution in [3.63, 3.8) is 0 Å². The van der Waals surface area contributed by atoms with E-state index in [0.29, 0.717) is 0 Å². The summed E-state index contributed by atoms with van der Waals surface area (Å²) < 4.78 is 35.7. The van der Waals surface area contributed by atoms with Crippen molar-refractivity contribution in [1.82, 2.24) is 5.32 Å². The van der Waals surface area contributed by atoms with Crippen LogP contribution in [0.2, 0.25) is 0 Å². The minimum Gasteiger partial charge on any atom is -0.393 e. The molecule has 0 aliphatic rings. The smallest absolute Gasteiger partial charge is 0.393 e. The van der Waals surface area contributed by atoms with Gasteiger partial charge in [-0.25, -0.2) is 0 Å². The van der Waals surface area contributed by atoms with Gasteiger partial charge in [-0.05, 0) is 20.4 Å². The first-order valence-corrected chi connectivity index (χ1v) is 3.30. The van der Waals surface area contributed by atoms with Crippen molar-refractivity contribution in [1.29, 1.82) is 0 Å². The molecule has 11 heavy (non-hydrogen) atoms. The monoisotopic (exact) mass is 171 g/mol. The minimum atomic E-state index is -4.27. The number of aliphatic hydroxyl groups is 1. The van der Waals surface area contributed by atoms with Gasteiger partial charge in [-0.15, -0.1) is 0 Å².